The molecule has 2 aliphatic rings. The van der Waals surface area contributed by atoms with Crippen molar-refractivity contribution in [2.24, 2.45) is 0 Å². The third-order valence-corrected chi connectivity index (χ3v) is 6.69. The number of benzene rings is 2. The zero-order valence-electron chi connectivity index (χ0n) is 19.2. The summed E-state index contributed by atoms with van der Waals surface area (Å²) in [6.45, 7) is 10.4. The van der Waals surface area contributed by atoms with Gasteiger partial charge in [-0.15, -0.1) is 16.8 Å². The van der Waals surface area contributed by atoms with E-state index in [1.165, 1.54) is 6.07 Å². The molecule has 8 heteroatoms. The van der Waals surface area contributed by atoms with Gasteiger partial charge in [0.05, 0.1) is 5.69 Å². The minimum absolute atomic E-state index is 0.0714. The largest absolute Gasteiger partial charge is 0.366 e. The zero-order chi connectivity index (χ0) is 23.5. The summed E-state index contributed by atoms with van der Waals surface area (Å²) >= 11 is 0. The van der Waals surface area contributed by atoms with E-state index in [4.69, 9.17) is 0 Å². The van der Waals surface area contributed by atoms with Crippen LogP contribution in [-0.2, 0) is 0 Å². The van der Waals surface area contributed by atoms with Crippen LogP contribution in [0.15, 0.2) is 61.2 Å². The van der Waals surface area contributed by atoms with Crippen molar-refractivity contribution in [1.29, 1.82) is 0 Å². The SMILES string of the molecule is C=CCN1CCN(C(=O)c2nnc(N3CCN(c4ccccc4F)CC3)c3ccccc23)CC1. The van der Waals surface area contributed by atoms with Gasteiger partial charge >= 0.3 is 0 Å². The summed E-state index contributed by atoms with van der Waals surface area (Å²) in [4.78, 5) is 21.7. The Labute approximate surface area is 199 Å². The zero-order valence-corrected chi connectivity index (χ0v) is 19.2. The minimum atomic E-state index is -0.200. The Morgan fingerprint density at radius 3 is 2.21 bits per heavy atom. The number of rotatable bonds is 5. The lowest BCUT2D eigenvalue weighted by Crippen LogP contribution is -2.49. The highest BCUT2D eigenvalue weighted by atomic mass is 19.1. The fourth-order valence-corrected chi connectivity index (χ4v) is 4.81. The molecule has 0 radical (unpaired) electrons. The molecule has 2 fully saturated rings. The van der Waals surface area contributed by atoms with Gasteiger partial charge in [0.1, 0.15) is 5.82 Å². The monoisotopic (exact) mass is 460 g/mol. The summed E-state index contributed by atoms with van der Waals surface area (Å²) in [5.41, 5.74) is 1.04. The quantitative estimate of drug-likeness (QED) is 0.546. The fraction of sp³-hybridized carbons (Fsp3) is 0.346. The number of carbonyl (C=O) groups is 1. The summed E-state index contributed by atoms with van der Waals surface area (Å²) < 4.78 is 14.2. The van der Waals surface area contributed by atoms with Gasteiger partial charge < -0.3 is 14.7 Å². The number of amides is 1. The lowest BCUT2D eigenvalue weighted by molar-refractivity contribution is 0.0645. The number of hydrogen-bond acceptors (Lipinski definition) is 6. The second-order valence-electron chi connectivity index (χ2n) is 8.72. The van der Waals surface area contributed by atoms with Crippen molar-refractivity contribution in [2.75, 3.05) is 68.7 Å². The van der Waals surface area contributed by atoms with Gasteiger partial charge in [-0.3, -0.25) is 9.69 Å². The van der Waals surface area contributed by atoms with Crippen LogP contribution in [0.25, 0.3) is 10.8 Å². The van der Waals surface area contributed by atoms with Crippen molar-refractivity contribution in [3.8, 4) is 0 Å². The molecular weight excluding hydrogens is 431 g/mol. The summed E-state index contributed by atoms with van der Waals surface area (Å²) in [6, 6.07) is 14.7. The molecule has 1 aromatic heterocycles. The Bertz CT molecular complexity index is 1180. The van der Waals surface area contributed by atoms with Crippen molar-refractivity contribution >= 4 is 28.2 Å². The van der Waals surface area contributed by atoms with Crippen molar-refractivity contribution < 1.29 is 9.18 Å². The molecule has 34 heavy (non-hydrogen) atoms. The van der Waals surface area contributed by atoms with Gasteiger partial charge in [-0.1, -0.05) is 42.5 Å². The van der Waals surface area contributed by atoms with E-state index in [-0.39, 0.29) is 11.7 Å². The first kappa shape index (κ1) is 22.3. The van der Waals surface area contributed by atoms with Crippen LogP contribution >= 0.6 is 0 Å². The molecule has 2 aliphatic heterocycles. The van der Waals surface area contributed by atoms with Crippen LogP contribution < -0.4 is 9.80 Å². The molecule has 176 valence electrons. The molecule has 1 amide bonds. The van der Waals surface area contributed by atoms with E-state index in [0.717, 1.165) is 36.2 Å². The number of aromatic nitrogens is 2. The average molecular weight is 461 g/mol. The second kappa shape index (κ2) is 9.77. The molecule has 0 spiro atoms. The molecule has 0 bridgehead atoms. The molecule has 3 heterocycles. The van der Waals surface area contributed by atoms with Gasteiger partial charge in [0, 0.05) is 69.7 Å². The van der Waals surface area contributed by atoms with E-state index in [9.17, 15) is 9.18 Å². The van der Waals surface area contributed by atoms with E-state index in [2.05, 4.69) is 31.5 Å². The molecule has 7 nitrogen and oxygen atoms in total. The first-order chi connectivity index (χ1) is 16.7. The normalized spacial score (nSPS) is 17.3. The molecule has 0 unspecified atom stereocenters. The number of fused-ring (bicyclic) bond motifs is 1. The topological polar surface area (TPSA) is 55.8 Å². The maximum absolute atomic E-state index is 14.2. The van der Waals surface area contributed by atoms with Crippen molar-refractivity contribution in [1.82, 2.24) is 20.0 Å². The van der Waals surface area contributed by atoms with E-state index < -0.39 is 0 Å². The Balaban J connectivity index is 1.35. The number of piperazine rings is 2. The average Bonchev–Trinajstić information content (AvgIpc) is 2.89. The smallest absolute Gasteiger partial charge is 0.275 e. The Hall–Kier alpha value is -3.52. The molecule has 2 saturated heterocycles. The second-order valence-corrected chi connectivity index (χ2v) is 8.72. The highest BCUT2D eigenvalue weighted by molar-refractivity contribution is 6.07. The van der Waals surface area contributed by atoms with Crippen LogP contribution in [0, 0.1) is 5.82 Å². The molecule has 0 N–H and O–H groups in total. The predicted molar refractivity (Wildman–Crippen MR) is 133 cm³/mol. The lowest BCUT2D eigenvalue weighted by atomic mass is 10.1. The molecule has 0 aliphatic carbocycles. The third-order valence-electron chi connectivity index (χ3n) is 6.69. The van der Waals surface area contributed by atoms with Crippen LogP contribution in [-0.4, -0.2) is 84.8 Å². The van der Waals surface area contributed by atoms with Crippen LogP contribution in [0.2, 0.25) is 0 Å². The van der Waals surface area contributed by atoms with E-state index in [1.807, 2.05) is 47.4 Å². The highest BCUT2D eigenvalue weighted by Gasteiger charge is 2.27. The van der Waals surface area contributed by atoms with E-state index >= 15 is 0 Å². The molecule has 3 aromatic rings. The summed E-state index contributed by atoms with van der Waals surface area (Å²) in [6.07, 6.45) is 1.89. The number of nitrogens with zero attached hydrogens (tertiary/aromatic N) is 6. The number of para-hydroxylation sites is 1. The molecule has 0 atom stereocenters. The molecular formula is C26H29FN6O. The van der Waals surface area contributed by atoms with Crippen molar-refractivity contribution in [3.63, 3.8) is 0 Å². The summed E-state index contributed by atoms with van der Waals surface area (Å²) in [5.74, 6) is 0.503. The maximum atomic E-state index is 14.2. The Kier molecular flexibility index (Phi) is 6.40. The summed E-state index contributed by atoms with van der Waals surface area (Å²) in [5, 5.41) is 10.7. The fourth-order valence-electron chi connectivity index (χ4n) is 4.81. The van der Waals surface area contributed by atoms with Gasteiger partial charge in [-0.25, -0.2) is 4.39 Å². The first-order valence-corrected chi connectivity index (χ1v) is 11.8. The van der Waals surface area contributed by atoms with E-state index in [0.29, 0.717) is 50.6 Å². The van der Waals surface area contributed by atoms with Crippen LogP contribution in [0.5, 0.6) is 0 Å². The predicted octanol–water partition coefficient (Wildman–Crippen LogP) is 3.04. The molecule has 5 rings (SSSR count). The number of halogens is 1. The van der Waals surface area contributed by atoms with Gasteiger partial charge in [0.15, 0.2) is 11.5 Å². The molecule has 2 aromatic carbocycles. The van der Waals surface area contributed by atoms with Gasteiger partial charge in [-0.2, -0.15) is 0 Å². The number of anilines is 2. The van der Waals surface area contributed by atoms with Gasteiger partial charge in [0.2, 0.25) is 0 Å². The number of carbonyl (C=O) groups excluding carboxylic acids is 1. The van der Waals surface area contributed by atoms with Gasteiger partial charge in [-0.05, 0) is 12.1 Å². The Morgan fingerprint density at radius 1 is 0.853 bits per heavy atom. The maximum Gasteiger partial charge on any atom is 0.275 e. The van der Waals surface area contributed by atoms with Crippen LogP contribution in [0.4, 0.5) is 15.9 Å². The van der Waals surface area contributed by atoms with Gasteiger partial charge in [0.25, 0.3) is 5.91 Å². The number of hydrogen-bond donors (Lipinski definition) is 0. The summed E-state index contributed by atoms with van der Waals surface area (Å²) in [7, 11) is 0. The molecule has 0 saturated carbocycles. The lowest BCUT2D eigenvalue weighted by Gasteiger charge is -2.37. The van der Waals surface area contributed by atoms with Crippen LogP contribution in [0.3, 0.4) is 0 Å². The Morgan fingerprint density at radius 2 is 1.50 bits per heavy atom. The van der Waals surface area contributed by atoms with Crippen molar-refractivity contribution in [3.05, 3.63) is 72.7 Å². The highest BCUT2D eigenvalue weighted by Crippen LogP contribution is 2.29. The first-order valence-electron chi connectivity index (χ1n) is 11.8. The van der Waals surface area contributed by atoms with Crippen LogP contribution in [0.1, 0.15) is 10.5 Å². The minimum Gasteiger partial charge on any atom is -0.366 e. The van der Waals surface area contributed by atoms with E-state index in [1.54, 1.807) is 6.07 Å². The van der Waals surface area contributed by atoms with Crippen molar-refractivity contribution in [2.45, 2.75) is 0 Å². The third kappa shape index (κ3) is 4.33. The standard InChI is InChI=1S/C26H29FN6O/c1-2-11-30-12-14-33(15-13-30)26(34)24-20-7-3-4-8-21(20)25(29-28-24)32-18-16-31(17-19-32)23-10-6-5-9-22(23)27/h2-10H,1,11-19H2.